The molecule has 0 aromatic heterocycles. The Balaban J connectivity index is 2.15. The zero-order chi connectivity index (χ0) is 13.8. The van der Waals surface area contributed by atoms with E-state index >= 15 is 0 Å². The highest BCUT2D eigenvalue weighted by atomic mass is 127. The molecule has 19 heavy (non-hydrogen) atoms. The smallest absolute Gasteiger partial charge is 0.255 e. The summed E-state index contributed by atoms with van der Waals surface area (Å²) in [5.74, 6) is -0.0927. The Bertz CT molecular complexity index is 579. The predicted molar refractivity (Wildman–Crippen MR) is 87.9 cm³/mol. The number of carbonyl (C=O) groups is 1. The van der Waals surface area contributed by atoms with Crippen LogP contribution in [-0.4, -0.2) is 20.0 Å². The average Bonchev–Trinajstić information content (AvgIpc) is 2.41. The first kappa shape index (κ1) is 13.9. The minimum absolute atomic E-state index is 0.0927. The molecule has 0 bridgehead atoms. The number of hydrogen-bond donors (Lipinski definition) is 1. The van der Waals surface area contributed by atoms with Gasteiger partial charge < -0.3 is 10.2 Å². The van der Waals surface area contributed by atoms with Crippen molar-refractivity contribution in [3.63, 3.8) is 0 Å². The lowest BCUT2D eigenvalue weighted by molar-refractivity contribution is 0.102. The largest absolute Gasteiger partial charge is 0.378 e. The van der Waals surface area contributed by atoms with E-state index in [0.717, 1.165) is 14.9 Å². The molecular formula is C15H15IN2O. The molecule has 2 aromatic carbocycles. The van der Waals surface area contributed by atoms with Crippen LogP contribution in [0.3, 0.4) is 0 Å². The van der Waals surface area contributed by atoms with E-state index in [4.69, 9.17) is 0 Å². The molecule has 0 radical (unpaired) electrons. The number of carbonyl (C=O) groups excluding carboxylic acids is 1. The third-order valence-electron chi connectivity index (χ3n) is 2.73. The van der Waals surface area contributed by atoms with Gasteiger partial charge in [0, 0.05) is 34.6 Å². The highest BCUT2D eigenvalue weighted by molar-refractivity contribution is 14.1. The zero-order valence-electron chi connectivity index (χ0n) is 10.9. The van der Waals surface area contributed by atoms with E-state index in [1.807, 2.05) is 67.5 Å². The lowest BCUT2D eigenvalue weighted by Gasteiger charge is -2.13. The zero-order valence-corrected chi connectivity index (χ0v) is 13.0. The van der Waals surface area contributed by atoms with E-state index < -0.39 is 0 Å². The Kier molecular flexibility index (Phi) is 4.42. The van der Waals surface area contributed by atoms with Crippen LogP contribution >= 0.6 is 22.6 Å². The molecule has 1 N–H and O–H groups in total. The normalized spacial score (nSPS) is 10.1. The Labute approximate surface area is 126 Å². The average molecular weight is 366 g/mol. The molecule has 4 heteroatoms. The number of halogens is 1. The number of nitrogens with zero attached hydrogens (tertiary/aromatic N) is 1. The van der Waals surface area contributed by atoms with Crippen molar-refractivity contribution in [3.05, 3.63) is 57.7 Å². The van der Waals surface area contributed by atoms with E-state index in [0.29, 0.717) is 5.56 Å². The SMILES string of the molecule is CN(C)c1cccc(C(=O)Nc2ccc(I)cc2)c1. The fourth-order valence-electron chi connectivity index (χ4n) is 1.66. The fraction of sp³-hybridized carbons (Fsp3) is 0.133. The molecule has 0 heterocycles. The molecule has 0 atom stereocenters. The van der Waals surface area contributed by atoms with Crippen molar-refractivity contribution >= 4 is 39.9 Å². The van der Waals surface area contributed by atoms with Gasteiger partial charge in [-0.05, 0) is 65.1 Å². The first-order chi connectivity index (χ1) is 9.06. The van der Waals surface area contributed by atoms with E-state index in [1.54, 1.807) is 0 Å². The molecule has 2 rings (SSSR count). The van der Waals surface area contributed by atoms with Crippen LogP contribution in [0.4, 0.5) is 11.4 Å². The van der Waals surface area contributed by atoms with E-state index in [9.17, 15) is 4.79 Å². The van der Waals surface area contributed by atoms with Gasteiger partial charge in [0.1, 0.15) is 0 Å². The summed E-state index contributed by atoms with van der Waals surface area (Å²) in [7, 11) is 3.91. The van der Waals surface area contributed by atoms with Gasteiger partial charge >= 0.3 is 0 Å². The molecular weight excluding hydrogens is 351 g/mol. The Morgan fingerprint density at radius 3 is 2.42 bits per heavy atom. The summed E-state index contributed by atoms with van der Waals surface area (Å²) in [6, 6.07) is 15.3. The lowest BCUT2D eigenvalue weighted by atomic mass is 10.1. The van der Waals surface area contributed by atoms with Gasteiger partial charge in [-0.2, -0.15) is 0 Å². The van der Waals surface area contributed by atoms with Crippen molar-refractivity contribution in [3.8, 4) is 0 Å². The van der Waals surface area contributed by atoms with Gasteiger partial charge in [0.15, 0.2) is 0 Å². The molecule has 0 saturated heterocycles. The second-order valence-electron chi connectivity index (χ2n) is 4.41. The molecule has 0 fully saturated rings. The van der Waals surface area contributed by atoms with Gasteiger partial charge in [0.05, 0.1) is 0 Å². The highest BCUT2D eigenvalue weighted by Gasteiger charge is 2.07. The second kappa shape index (κ2) is 6.06. The van der Waals surface area contributed by atoms with Crippen LogP contribution < -0.4 is 10.2 Å². The first-order valence-electron chi connectivity index (χ1n) is 5.90. The first-order valence-corrected chi connectivity index (χ1v) is 6.98. The fourth-order valence-corrected chi connectivity index (χ4v) is 2.02. The van der Waals surface area contributed by atoms with E-state index in [1.165, 1.54) is 0 Å². The van der Waals surface area contributed by atoms with Crippen molar-refractivity contribution in [2.75, 3.05) is 24.3 Å². The molecule has 0 aliphatic rings. The standard InChI is InChI=1S/C15H15IN2O/c1-18(2)14-5-3-4-11(10-14)15(19)17-13-8-6-12(16)7-9-13/h3-10H,1-2H3,(H,17,19). The molecule has 1 amide bonds. The summed E-state index contributed by atoms with van der Waals surface area (Å²) in [5.41, 5.74) is 2.47. The van der Waals surface area contributed by atoms with Crippen molar-refractivity contribution in [1.82, 2.24) is 0 Å². The number of amides is 1. The summed E-state index contributed by atoms with van der Waals surface area (Å²) in [4.78, 5) is 14.1. The van der Waals surface area contributed by atoms with Gasteiger partial charge in [-0.15, -0.1) is 0 Å². The molecule has 0 aliphatic heterocycles. The molecule has 0 saturated carbocycles. The summed E-state index contributed by atoms with van der Waals surface area (Å²) in [6.07, 6.45) is 0. The molecule has 3 nitrogen and oxygen atoms in total. The summed E-state index contributed by atoms with van der Waals surface area (Å²) in [6.45, 7) is 0. The van der Waals surface area contributed by atoms with Crippen molar-refractivity contribution in [2.45, 2.75) is 0 Å². The van der Waals surface area contributed by atoms with Gasteiger partial charge in [0.25, 0.3) is 5.91 Å². The number of anilines is 2. The lowest BCUT2D eigenvalue weighted by Crippen LogP contribution is -2.14. The van der Waals surface area contributed by atoms with Gasteiger partial charge in [-0.1, -0.05) is 6.07 Å². The van der Waals surface area contributed by atoms with Gasteiger partial charge in [-0.25, -0.2) is 0 Å². The number of nitrogens with one attached hydrogen (secondary N) is 1. The molecule has 0 spiro atoms. The van der Waals surface area contributed by atoms with Crippen molar-refractivity contribution in [1.29, 1.82) is 0 Å². The molecule has 98 valence electrons. The highest BCUT2D eigenvalue weighted by Crippen LogP contribution is 2.16. The van der Waals surface area contributed by atoms with Crippen LogP contribution in [-0.2, 0) is 0 Å². The molecule has 0 aliphatic carbocycles. The molecule has 0 unspecified atom stereocenters. The van der Waals surface area contributed by atoms with Crippen LogP contribution in [0.5, 0.6) is 0 Å². The van der Waals surface area contributed by atoms with Crippen LogP contribution in [0.25, 0.3) is 0 Å². The van der Waals surface area contributed by atoms with Crippen LogP contribution in [0.15, 0.2) is 48.5 Å². The van der Waals surface area contributed by atoms with Crippen molar-refractivity contribution < 1.29 is 4.79 Å². The van der Waals surface area contributed by atoms with E-state index in [-0.39, 0.29) is 5.91 Å². The predicted octanol–water partition coefficient (Wildman–Crippen LogP) is 3.61. The maximum Gasteiger partial charge on any atom is 0.255 e. The Morgan fingerprint density at radius 1 is 1.11 bits per heavy atom. The summed E-state index contributed by atoms with van der Waals surface area (Å²) in [5, 5.41) is 2.89. The maximum absolute atomic E-state index is 12.1. The Hall–Kier alpha value is -1.56. The monoisotopic (exact) mass is 366 g/mol. The minimum atomic E-state index is -0.0927. The third kappa shape index (κ3) is 3.70. The van der Waals surface area contributed by atoms with E-state index in [2.05, 4.69) is 27.9 Å². The van der Waals surface area contributed by atoms with Crippen molar-refractivity contribution in [2.24, 2.45) is 0 Å². The number of hydrogen-bond acceptors (Lipinski definition) is 2. The van der Waals surface area contributed by atoms with Crippen LogP contribution in [0.1, 0.15) is 10.4 Å². The van der Waals surface area contributed by atoms with Crippen LogP contribution in [0.2, 0.25) is 0 Å². The quantitative estimate of drug-likeness (QED) is 0.842. The third-order valence-corrected chi connectivity index (χ3v) is 3.45. The summed E-state index contributed by atoms with van der Waals surface area (Å²) < 4.78 is 1.14. The topological polar surface area (TPSA) is 32.3 Å². The summed E-state index contributed by atoms with van der Waals surface area (Å²) >= 11 is 2.24. The van der Waals surface area contributed by atoms with Gasteiger partial charge in [0.2, 0.25) is 0 Å². The molecule has 2 aromatic rings. The van der Waals surface area contributed by atoms with Gasteiger partial charge in [-0.3, -0.25) is 4.79 Å². The van der Waals surface area contributed by atoms with Crippen LogP contribution in [0, 0.1) is 3.57 Å². The minimum Gasteiger partial charge on any atom is -0.378 e. The maximum atomic E-state index is 12.1. The number of rotatable bonds is 3. The Morgan fingerprint density at radius 2 is 1.79 bits per heavy atom. The second-order valence-corrected chi connectivity index (χ2v) is 5.65. The number of benzene rings is 2.